The third kappa shape index (κ3) is 4.17. The summed E-state index contributed by atoms with van der Waals surface area (Å²) in [5, 5.41) is 9.45. The van der Waals surface area contributed by atoms with Crippen LogP contribution >= 0.6 is 0 Å². The van der Waals surface area contributed by atoms with Crippen molar-refractivity contribution in [3.05, 3.63) is 71.3 Å². The molecule has 1 aliphatic carbocycles. The Bertz CT molecular complexity index is 1570. The van der Waals surface area contributed by atoms with Gasteiger partial charge in [-0.2, -0.15) is 4.31 Å². The maximum atomic E-state index is 14.9. The van der Waals surface area contributed by atoms with E-state index >= 15 is 0 Å². The van der Waals surface area contributed by atoms with Gasteiger partial charge >= 0.3 is 5.97 Å². The van der Waals surface area contributed by atoms with E-state index in [1.165, 1.54) is 10.4 Å². The second-order valence-electron chi connectivity index (χ2n) is 10.4. The van der Waals surface area contributed by atoms with Crippen molar-refractivity contribution in [2.45, 2.75) is 49.6 Å². The summed E-state index contributed by atoms with van der Waals surface area (Å²) in [5.41, 5.74) is 0.587. The van der Waals surface area contributed by atoms with Gasteiger partial charge in [0.2, 0.25) is 10.0 Å². The average molecular weight is 555 g/mol. The molecule has 204 valence electrons. The summed E-state index contributed by atoms with van der Waals surface area (Å²) in [5.74, 6) is -3.93. The molecule has 1 saturated carbocycles. The number of sulfonamides is 1. The lowest BCUT2D eigenvalue weighted by Crippen LogP contribution is -2.46. The molecule has 0 bridgehead atoms. The van der Waals surface area contributed by atoms with E-state index in [-0.39, 0.29) is 45.9 Å². The number of fused-ring (bicyclic) bond motifs is 4. The summed E-state index contributed by atoms with van der Waals surface area (Å²) in [4.78, 5) is 13.6. The monoisotopic (exact) mass is 554 g/mol. The molecule has 7 nitrogen and oxygen atoms in total. The van der Waals surface area contributed by atoms with Gasteiger partial charge < -0.3 is 14.7 Å². The number of hydrogen-bond acceptors (Lipinski definition) is 5. The third-order valence-corrected chi connectivity index (χ3v) is 10.2. The van der Waals surface area contributed by atoms with Crippen LogP contribution in [0.3, 0.4) is 0 Å². The van der Waals surface area contributed by atoms with Crippen LogP contribution in [0.5, 0.6) is 5.75 Å². The van der Waals surface area contributed by atoms with Gasteiger partial charge in [-0.1, -0.05) is 37.5 Å². The summed E-state index contributed by atoms with van der Waals surface area (Å²) in [6, 6.07) is 13.3. The lowest BCUT2D eigenvalue weighted by molar-refractivity contribution is 0.0690. The van der Waals surface area contributed by atoms with Crippen molar-refractivity contribution in [3.8, 4) is 16.9 Å². The van der Waals surface area contributed by atoms with E-state index in [1.54, 1.807) is 13.1 Å². The Hall–Kier alpha value is -3.50. The molecule has 0 saturated heterocycles. The first-order valence-corrected chi connectivity index (χ1v) is 14.5. The predicted molar refractivity (Wildman–Crippen MR) is 142 cm³/mol. The van der Waals surface area contributed by atoms with Crippen LogP contribution in [0.4, 0.5) is 20.2 Å². The number of carbonyl (C=O) groups is 1. The summed E-state index contributed by atoms with van der Waals surface area (Å²) < 4.78 is 65.0. The first-order chi connectivity index (χ1) is 18.7. The zero-order chi connectivity index (χ0) is 27.5. The molecule has 3 aromatic carbocycles. The van der Waals surface area contributed by atoms with Gasteiger partial charge in [0.15, 0.2) is 11.6 Å². The van der Waals surface area contributed by atoms with Crippen molar-refractivity contribution in [1.82, 2.24) is 4.31 Å². The van der Waals surface area contributed by atoms with Gasteiger partial charge in [0, 0.05) is 42.5 Å². The Labute approximate surface area is 225 Å². The maximum Gasteiger partial charge on any atom is 0.338 e. The van der Waals surface area contributed by atoms with Crippen molar-refractivity contribution in [2.24, 2.45) is 5.92 Å². The molecule has 1 fully saturated rings. The Kier molecular flexibility index (Phi) is 6.34. The highest BCUT2D eigenvalue weighted by atomic mass is 32.2. The van der Waals surface area contributed by atoms with Crippen molar-refractivity contribution in [3.63, 3.8) is 0 Å². The number of likely N-dealkylation sites (N-methyl/N-ethyl adjacent to an activating group) is 1. The molecule has 2 aliphatic heterocycles. The fraction of sp³-hybridized carbons (Fsp3) is 0.345. The highest BCUT2D eigenvalue weighted by Gasteiger charge is 2.42. The second kappa shape index (κ2) is 9.60. The molecule has 1 atom stereocenters. The highest BCUT2D eigenvalue weighted by molar-refractivity contribution is 7.89. The minimum absolute atomic E-state index is 0.00368. The van der Waals surface area contributed by atoms with Crippen molar-refractivity contribution in [2.75, 3.05) is 18.5 Å². The molecule has 0 aromatic heterocycles. The number of carboxylic acid groups (broad SMARTS) is 1. The topological polar surface area (TPSA) is 87.2 Å². The van der Waals surface area contributed by atoms with E-state index in [9.17, 15) is 27.1 Å². The number of nitrogens with zero attached hydrogens (tertiary/aromatic N) is 2. The van der Waals surface area contributed by atoms with Gasteiger partial charge in [-0.05, 0) is 48.6 Å². The number of aromatic carboxylic acids is 1. The lowest BCUT2D eigenvalue weighted by atomic mass is 9.83. The number of rotatable bonds is 3. The van der Waals surface area contributed by atoms with Gasteiger partial charge in [-0.15, -0.1) is 0 Å². The highest BCUT2D eigenvalue weighted by Crippen LogP contribution is 2.48. The minimum Gasteiger partial charge on any atom is -0.488 e. The number of carboxylic acids is 1. The zero-order valence-electron chi connectivity index (χ0n) is 21.4. The van der Waals surface area contributed by atoms with Crippen LogP contribution in [0.1, 0.15) is 48.0 Å². The minimum atomic E-state index is -4.03. The number of benzene rings is 3. The van der Waals surface area contributed by atoms with Crippen LogP contribution in [0.25, 0.3) is 11.1 Å². The number of anilines is 2. The largest absolute Gasteiger partial charge is 0.488 e. The number of hydrogen-bond donors (Lipinski definition) is 1. The SMILES string of the molecule is CN1[C@H](C2CCCCC2)CN(c2ccccc2)c2cc3c(cc2S1(=O)=O)-c1cc(C(=O)O)c(F)c(F)c1CO3. The lowest BCUT2D eigenvalue weighted by Gasteiger charge is -2.36. The number of para-hydroxylation sites is 1. The van der Waals surface area contributed by atoms with Crippen LogP contribution in [0.2, 0.25) is 0 Å². The third-order valence-electron chi connectivity index (χ3n) is 8.31. The van der Waals surface area contributed by atoms with E-state index in [2.05, 4.69) is 0 Å². The average Bonchev–Trinajstić information content (AvgIpc) is 3.02. The Morgan fingerprint density at radius 1 is 1.00 bits per heavy atom. The second-order valence-corrected chi connectivity index (χ2v) is 12.4. The van der Waals surface area contributed by atoms with Crippen molar-refractivity contribution < 1.29 is 31.8 Å². The first kappa shape index (κ1) is 25.8. The van der Waals surface area contributed by atoms with Crippen LogP contribution in [0, 0.1) is 17.6 Å². The Morgan fingerprint density at radius 3 is 2.41 bits per heavy atom. The molecule has 0 radical (unpaired) electrons. The van der Waals surface area contributed by atoms with Gasteiger partial charge in [-0.25, -0.2) is 22.0 Å². The fourth-order valence-corrected chi connectivity index (χ4v) is 7.80. The van der Waals surface area contributed by atoms with Gasteiger partial charge in [-0.3, -0.25) is 0 Å². The summed E-state index contributed by atoms with van der Waals surface area (Å²) in [6.07, 6.45) is 5.14. The first-order valence-electron chi connectivity index (χ1n) is 13.0. The summed E-state index contributed by atoms with van der Waals surface area (Å²) >= 11 is 0. The van der Waals surface area contributed by atoms with E-state index in [4.69, 9.17) is 4.74 Å². The molecule has 3 aromatic rings. The predicted octanol–water partition coefficient (Wildman–Crippen LogP) is 5.94. The molecule has 0 spiro atoms. The molecule has 10 heteroatoms. The molecule has 0 amide bonds. The van der Waals surface area contributed by atoms with Crippen LogP contribution in [-0.4, -0.2) is 43.4 Å². The standard InChI is InChI=1S/C29H28F2N2O5S/c1-32-24(17-8-4-2-5-9-17)15-33(18-10-6-3-7-11-18)23-14-25-20(13-26(23)39(32,36)37)19-12-21(29(34)35)27(30)28(31)22(19)16-38-25/h3,6-7,10-14,17,24H,2,4-5,8-9,15-16H2,1H3,(H,34,35)/t24-/m0/s1. The molecular weight excluding hydrogens is 526 g/mol. The molecule has 1 N–H and O–H groups in total. The van der Waals surface area contributed by atoms with Crippen molar-refractivity contribution in [1.29, 1.82) is 0 Å². The molecule has 2 heterocycles. The van der Waals surface area contributed by atoms with Gasteiger partial charge in [0.25, 0.3) is 0 Å². The van der Waals surface area contributed by atoms with E-state index in [0.29, 0.717) is 12.2 Å². The summed E-state index contributed by atoms with van der Waals surface area (Å²) in [6.45, 7) is 0.127. The van der Waals surface area contributed by atoms with E-state index in [0.717, 1.165) is 43.9 Å². The molecule has 6 rings (SSSR count). The normalized spacial score (nSPS) is 20.8. The molecular formula is C29H28F2N2O5S. The molecule has 39 heavy (non-hydrogen) atoms. The molecule has 3 aliphatic rings. The van der Waals surface area contributed by atoms with Gasteiger partial charge in [0.05, 0.1) is 11.3 Å². The zero-order valence-corrected chi connectivity index (χ0v) is 22.2. The van der Waals surface area contributed by atoms with E-state index < -0.39 is 33.2 Å². The maximum absolute atomic E-state index is 14.9. The van der Waals surface area contributed by atoms with Crippen LogP contribution < -0.4 is 9.64 Å². The van der Waals surface area contributed by atoms with Crippen LogP contribution in [0.15, 0.2) is 53.4 Å². The summed E-state index contributed by atoms with van der Waals surface area (Å²) in [7, 11) is -2.42. The fourth-order valence-electron chi connectivity index (χ4n) is 6.20. The van der Waals surface area contributed by atoms with Crippen LogP contribution in [-0.2, 0) is 16.6 Å². The van der Waals surface area contributed by atoms with Crippen molar-refractivity contribution >= 4 is 27.4 Å². The van der Waals surface area contributed by atoms with Gasteiger partial charge in [0.1, 0.15) is 17.3 Å². The smallest absolute Gasteiger partial charge is 0.338 e. The quantitative estimate of drug-likeness (QED) is 0.431. The number of halogens is 2. The Morgan fingerprint density at radius 2 is 1.72 bits per heavy atom. The molecule has 0 unspecified atom stereocenters. The number of ether oxygens (including phenoxy) is 1. The van der Waals surface area contributed by atoms with E-state index in [1.807, 2.05) is 35.2 Å². The Balaban J connectivity index is 1.58.